The summed E-state index contributed by atoms with van der Waals surface area (Å²) in [6, 6.07) is 11.5. The summed E-state index contributed by atoms with van der Waals surface area (Å²) in [6.45, 7) is 0.0609. The maximum Gasteiger partial charge on any atom is 0.313 e. The van der Waals surface area contributed by atoms with Gasteiger partial charge in [-0.05, 0) is 24.3 Å². The van der Waals surface area contributed by atoms with E-state index in [2.05, 4.69) is 10.6 Å². The Kier molecular flexibility index (Phi) is 6.16. The Balaban J connectivity index is 1.76. The Hall–Kier alpha value is -3.29. The maximum atomic E-state index is 13.4. The maximum absolute atomic E-state index is 13.4. The van der Waals surface area contributed by atoms with Gasteiger partial charge in [0.1, 0.15) is 17.3 Å². The molecule has 2 rings (SSSR count). The van der Waals surface area contributed by atoms with Crippen LogP contribution < -0.4 is 16.0 Å². The minimum Gasteiger partial charge on any atom is -0.350 e. The topological polar surface area (TPSA) is 87.3 Å². The first kappa shape index (κ1) is 18.1. The van der Waals surface area contributed by atoms with Gasteiger partial charge >= 0.3 is 11.8 Å². The summed E-state index contributed by atoms with van der Waals surface area (Å²) in [5.41, 5.74) is -0.235. The number of rotatable bonds is 5. The highest BCUT2D eigenvalue weighted by Crippen LogP contribution is 2.17. The van der Waals surface area contributed by atoms with Crippen molar-refractivity contribution in [2.45, 2.75) is 0 Å². The first-order valence-corrected chi connectivity index (χ1v) is 7.35. The summed E-state index contributed by atoms with van der Waals surface area (Å²) >= 11 is 0. The molecule has 0 aliphatic rings. The standard InChI is InChI=1S/C17H15F2N3O3/c18-12-7-4-8-13(19)14(12)22-17(25)16(24)21-10-9-20-15(23)11-5-2-1-3-6-11/h1-8H,9-10H2,(H,20,23)(H,21,24)(H,22,25). The lowest BCUT2D eigenvalue weighted by molar-refractivity contribution is -0.136. The highest BCUT2D eigenvalue weighted by Gasteiger charge is 2.17. The van der Waals surface area contributed by atoms with E-state index in [0.717, 1.165) is 18.2 Å². The van der Waals surface area contributed by atoms with Crippen molar-refractivity contribution in [3.63, 3.8) is 0 Å². The highest BCUT2D eigenvalue weighted by atomic mass is 19.1. The minimum atomic E-state index is -1.21. The van der Waals surface area contributed by atoms with Crippen molar-refractivity contribution >= 4 is 23.4 Å². The van der Waals surface area contributed by atoms with Gasteiger partial charge in [-0.1, -0.05) is 24.3 Å². The number of para-hydroxylation sites is 1. The summed E-state index contributed by atoms with van der Waals surface area (Å²) in [6.07, 6.45) is 0. The number of carbonyl (C=O) groups is 3. The molecule has 130 valence electrons. The normalized spacial score (nSPS) is 10.0. The molecule has 0 unspecified atom stereocenters. The fourth-order valence-corrected chi connectivity index (χ4v) is 1.91. The molecule has 0 radical (unpaired) electrons. The number of halogens is 2. The summed E-state index contributed by atoms with van der Waals surface area (Å²) < 4.78 is 26.8. The van der Waals surface area contributed by atoms with Gasteiger partial charge in [-0.15, -0.1) is 0 Å². The second-order valence-corrected chi connectivity index (χ2v) is 4.93. The molecule has 3 N–H and O–H groups in total. The molecule has 25 heavy (non-hydrogen) atoms. The molecule has 8 heteroatoms. The van der Waals surface area contributed by atoms with Gasteiger partial charge in [0.25, 0.3) is 5.91 Å². The third kappa shape index (κ3) is 5.10. The molecule has 0 aliphatic heterocycles. The van der Waals surface area contributed by atoms with Crippen LogP contribution in [-0.2, 0) is 9.59 Å². The van der Waals surface area contributed by atoms with Gasteiger partial charge in [0, 0.05) is 18.7 Å². The number of amides is 3. The summed E-state index contributed by atoms with van der Waals surface area (Å²) in [7, 11) is 0. The smallest absolute Gasteiger partial charge is 0.313 e. The van der Waals surface area contributed by atoms with E-state index in [-0.39, 0.29) is 19.0 Å². The molecule has 0 saturated carbocycles. The number of anilines is 1. The molecular weight excluding hydrogens is 332 g/mol. The van der Waals surface area contributed by atoms with Crippen LogP contribution >= 0.6 is 0 Å². The Morgan fingerprint density at radius 1 is 0.760 bits per heavy atom. The second-order valence-electron chi connectivity index (χ2n) is 4.93. The van der Waals surface area contributed by atoms with E-state index >= 15 is 0 Å². The van der Waals surface area contributed by atoms with Gasteiger partial charge in [0.2, 0.25) is 0 Å². The molecule has 0 heterocycles. The van der Waals surface area contributed by atoms with Crippen molar-refractivity contribution in [1.29, 1.82) is 0 Å². The average molecular weight is 347 g/mol. The highest BCUT2D eigenvalue weighted by molar-refractivity contribution is 6.39. The largest absolute Gasteiger partial charge is 0.350 e. The van der Waals surface area contributed by atoms with Gasteiger partial charge in [-0.25, -0.2) is 8.78 Å². The Labute approximate surface area is 142 Å². The van der Waals surface area contributed by atoms with E-state index in [1.807, 2.05) is 5.32 Å². The van der Waals surface area contributed by atoms with Crippen molar-refractivity contribution in [2.24, 2.45) is 0 Å². The predicted molar refractivity (Wildman–Crippen MR) is 86.8 cm³/mol. The van der Waals surface area contributed by atoms with Crippen molar-refractivity contribution in [3.8, 4) is 0 Å². The van der Waals surface area contributed by atoms with Crippen LogP contribution in [0.15, 0.2) is 48.5 Å². The van der Waals surface area contributed by atoms with Gasteiger partial charge in [-0.2, -0.15) is 0 Å². The summed E-state index contributed by atoms with van der Waals surface area (Å²) in [5, 5.41) is 6.66. The zero-order chi connectivity index (χ0) is 18.2. The van der Waals surface area contributed by atoms with Crippen molar-refractivity contribution in [1.82, 2.24) is 10.6 Å². The molecule has 0 spiro atoms. The van der Waals surface area contributed by atoms with Crippen molar-refractivity contribution in [3.05, 3.63) is 65.7 Å². The van der Waals surface area contributed by atoms with Crippen LogP contribution in [0.25, 0.3) is 0 Å². The molecule has 0 bridgehead atoms. The van der Waals surface area contributed by atoms with Gasteiger partial charge < -0.3 is 16.0 Å². The Morgan fingerprint density at radius 2 is 1.36 bits per heavy atom. The van der Waals surface area contributed by atoms with E-state index in [1.165, 1.54) is 0 Å². The monoisotopic (exact) mass is 347 g/mol. The number of benzene rings is 2. The second kappa shape index (κ2) is 8.53. The fraction of sp³-hybridized carbons (Fsp3) is 0.118. The SMILES string of the molecule is O=C(NCCNC(=O)c1ccccc1)C(=O)Nc1c(F)cccc1F. The molecule has 0 aliphatic carbocycles. The molecular formula is C17H15F2N3O3. The third-order valence-corrected chi connectivity index (χ3v) is 3.14. The summed E-state index contributed by atoms with van der Waals surface area (Å²) in [5.74, 6) is -4.59. The first-order chi connectivity index (χ1) is 12.0. The quantitative estimate of drug-likeness (QED) is 0.565. The third-order valence-electron chi connectivity index (χ3n) is 3.14. The lowest BCUT2D eigenvalue weighted by Crippen LogP contribution is -2.40. The molecule has 0 aromatic heterocycles. The molecule has 6 nitrogen and oxygen atoms in total. The number of hydrogen-bond donors (Lipinski definition) is 3. The molecule has 0 atom stereocenters. The molecule has 0 saturated heterocycles. The van der Waals surface area contributed by atoms with Crippen LogP contribution in [0.1, 0.15) is 10.4 Å². The molecule has 0 fully saturated rings. The average Bonchev–Trinajstić information content (AvgIpc) is 2.62. The van der Waals surface area contributed by atoms with E-state index < -0.39 is 29.1 Å². The van der Waals surface area contributed by atoms with Crippen LogP contribution in [-0.4, -0.2) is 30.8 Å². The van der Waals surface area contributed by atoms with Crippen LogP contribution in [0.4, 0.5) is 14.5 Å². The van der Waals surface area contributed by atoms with E-state index in [0.29, 0.717) is 5.56 Å². The summed E-state index contributed by atoms with van der Waals surface area (Å²) in [4.78, 5) is 35.0. The number of carbonyl (C=O) groups excluding carboxylic acids is 3. The van der Waals surface area contributed by atoms with E-state index in [1.54, 1.807) is 30.3 Å². The lowest BCUT2D eigenvalue weighted by atomic mass is 10.2. The lowest BCUT2D eigenvalue weighted by Gasteiger charge is -2.09. The van der Waals surface area contributed by atoms with E-state index in [9.17, 15) is 23.2 Å². The van der Waals surface area contributed by atoms with Gasteiger partial charge in [0.15, 0.2) is 0 Å². The van der Waals surface area contributed by atoms with Crippen LogP contribution in [0, 0.1) is 11.6 Å². The zero-order valence-electron chi connectivity index (χ0n) is 13.0. The molecule has 2 aromatic carbocycles. The fourth-order valence-electron chi connectivity index (χ4n) is 1.91. The molecule has 3 amide bonds. The zero-order valence-corrected chi connectivity index (χ0v) is 13.0. The van der Waals surface area contributed by atoms with Gasteiger partial charge in [-0.3, -0.25) is 14.4 Å². The van der Waals surface area contributed by atoms with Crippen LogP contribution in [0.2, 0.25) is 0 Å². The van der Waals surface area contributed by atoms with Crippen LogP contribution in [0.5, 0.6) is 0 Å². The van der Waals surface area contributed by atoms with Crippen molar-refractivity contribution < 1.29 is 23.2 Å². The Bertz CT molecular complexity index is 762. The predicted octanol–water partition coefficient (Wildman–Crippen LogP) is 1.45. The van der Waals surface area contributed by atoms with E-state index in [4.69, 9.17) is 0 Å². The Morgan fingerprint density at radius 3 is 2.00 bits per heavy atom. The number of nitrogens with one attached hydrogen (secondary N) is 3. The molecule has 2 aromatic rings. The van der Waals surface area contributed by atoms with Gasteiger partial charge in [0.05, 0.1) is 0 Å². The number of hydrogen-bond acceptors (Lipinski definition) is 3. The minimum absolute atomic E-state index is 0.0232. The van der Waals surface area contributed by atoms with Crippen LogP contribution in [0.3, 0.4) is 0 Å². The first-order valence-electron chi connectivity index (χ1n) is 7.35. The van der Waals surface area contributed by atoms with Crippen molar-refractivity contribution in [2.75, 3.05) is 18.4 Å².